The third-order valence-corrected chi connectivity index (χ3v) is 4.10. The molecule has 0 unspecified atom stereocenters. The Labute approximate surface area is 121 Å². The molecule has 0 aliphatic carbocycles. The molecule has 0 heterocycles. The lowest BCUT2D eigenvalue weighted by atomic mass is 9.74. The quantitative estimate of drug-likeness (QED) is 0.893. The Hall–Kier alpha value is -1.36. The number of carboxylic acid groups (broad SMARTS) is 1. The minimum atomic E-state index is -1.07. The minimum Gasteiger partial charge on any atom is -0.481 e. The molecule has 0 radical (unpaired) electrons. The van der Waals surface area contributed by atoms with E-state index in [1.165, 1.54) is 0 Å². The van der Waals surface area contributed by atoms with Crippen LogP contribution < -0.4 is 5.32 Å². The first kappa shape index (κ1) is 15.7. The lowest BCUT2D eigenvalue weighted by molar-refractivity contribution is -0.150. The van der Waals surface area contributed by atoms with Crippen LogP contribution in [0, 0.1) is 5.41 Å². The minimum absolute atomic E-state index is 0.291. The summed E-state index contributed by atoms with van der Waals surface area (Å²) in [5.74, 6) is -1.24. The van der Waals surface area contributed by atoms with Crippen LogP contribution in [0.15, 0.2) is 28.7 Å². The van der Waals surface area contributed by atoms with Crippen molar-refractivity contribution in [1.29, 1.82) is 0 Å². The maximum Gasteiger partial charge on any atom is 0.311 e. The van der Waals surface area contributed by atoms with E-state index in [4.69, 9.17) is 0 Å². The van der Waals surface area contributed by atoms with Crippen LogP contribution >= 0.6 is 15.9 Å². The predicted octanol–water partition coefficient (Wildman–Crippen LogP) is 3.07. The van der Waals surface area contributed by atoms with Gasteiger partial charge in [0.25, 0.3) is 5.91 Å². The Morgan fingerprint density at radius 2 is 1.79 bits per heavy atom. The Balaban J connectivity index is 2.96. The summed E-state index contributed by atoms with van der Waals surface area (Å²) in [4.78, 5) is 23.4. The SMILES string of the molecule is CC(C)(NC(=O)c1cccc(Br)c1)C(C)(C)C(=O)O. The molecule has 104 valence electrons. The van der Waals surface area contributed by atoms with Gasteiger partial charge in [-0.25, -0.2) is 0 Å². The molecule has 1 aromatic rings. The summed E-state index contributed by atoms with van der Waals surface area (Å²) < 4.78 is 0.801. The van der Waals surface area contributed by atoms with Gasteiger partial charge in [0.2, 0.25) is 0 Å². The summed E-state index contributed by atoms with van der Waals surface area (Å²) in [5.41, 5.74) is -1.46. The summed E-state index contributed by atoms with van der Waals surface area (Å²) >= 11 is 3.30. The molecule has 0 aromatic heterocycles. The highest BCUT2D eigenvalue weighted by Gasteiger charge is 2.44. The van der Waals surface area contributed by atoms with Crippen LogP contribution in [0.1, 0.15) is 38.1 Å². The van der Waals surface area contributed by atoms with Gasteiger partial charge in [-0.3, -0.25) is 9.59 Å². The van der Waals surface area contributed by atoms with E-state index in [1.54, 1.807) is 45.9 Å². The van der Waals surface area contributed by atoms with Crippen LogP contribution in [0.25, 0.3) is 0 Å². The van der Waals surface area contributed by atoms with Crippen LogP contribution in [0.3, 0.4) is 0 Å². The Morgan fingerprint density at radius 1 is 1.21 bits per heavy atom. The smallest absolute Gasteiger partial charge is 0.311 e. The standard InChI is InChI=1S/C14H18BrNO3/c1-13(2,12(18)19)14(3,4)16-11(17)9-6-5-7-10(15)8-9/h5-8H,1-4H3,(H,16,17)(H,18,19). The molecule has 0 saturated carbocycles. The number of hydrogen-bond acceptors (Lipinski definition) is 2. The Bertz CT molecular complexity index is 509. The van der Waals surface area contributed by atoms with E-state index >= 15 is 0 Å². The van der Waals surface area contributed by atoms with E-state index in [0.29, 0.717) is 5.56 Å². The molecule has 0 saturated heterocycles. The van der Waals surface area contributed by atoms with Gasteiger partial charge < -0.3 is 10.4 Å². The lowest BCUT2D eigenvalue weighted by Gasteiger charge is -2.38. The first-order chi connectivity index (χ1) is 8.58. The summed E-state index contributed by atoms with van der Waals surface area (Å²) in [7, 11) is 0. The molecular formula is C14H18BrNO3. The molecule has 0 aliphatic rings. The fourth-order valence-corrected chi connectivity index (χ4v) is 1.81. The monoisotopic (exact) mass is 327 g/mol. The van der Waals surface area contributed by atoms with Crippen molar-refractivity contribution in [2.45, 2.75) is 33.2 Å². The summed E-state index contributed by atoms with van der Waals surface area (Å²) in [6.07, 6.45) is 0. The predicted molar refractivity (Wildman–Crippen MR) is 77.1 cm³/mol. The highest BCUT2D eigenvalue weighted by Crippen LogP contribution is 2.31. The first-order valence-corrected chi connectivity index (χ1v) is 6.69. The molecule has 0 atom stereocenters. The number of nitrogens with one attached hydrogen (secondary N) is 1. The average molecular weight is 328 g/mol. The van der Waals surface area contributed by atoms with E-state index in [1.807, 2.05) is 6.07 Å². The van der Waals surface area contributed by atoms with E-state index in [9.17, 15) is 14.7 Å². The molecule has 4 nitrogen and oxygen atoms in total. The zero-order chi connectivity index (χ0) is 14.8. The van der Waals surface area contributed by atoms with Gasteiger partial charge in [-0.05, 0) is 45.9 Å². The number of aliphatic carboxylic acids is 1. The molecular weight excluding hydrogens is 310 g/mol. The second-order valence-electron chi connectivity index (χ2n) is 5.52. The van der Waals surface area contributed by atoms with E-state index < -0.39 is 16.9 Å². The zero-order valence-corrected chi connectivity index (χ0v) is 13.0. The normalized spacial score (nSPS) is 12.1. The van der Waals surface area contributed by atoms with Gasteiger partial charge in [0.15, 0.2) is 0 Å². The van der Waals surface area contributed by atoms with Gasteiger partial charge in [0.1, 0.15) is 0 Å². The molecule has 2 N–H and O–H groups in total. The topological polar surface area (TPSA) is 66.4 Å². The maximum atomic E-state index is 12.2. The van der Waals surface area contributed by atoms with Crippen molar-refractivity contribution in [3.05, 3.63) is 34.3 Å². The molecule has 0 spiro atoms. The summed E-state index contributed by atoms with van der Waals surface area (Å²) in [6.45, 7) is 6.60. The van der Waals surface area contributed by atoms with Crippen LogP contribution in [0.2, 0.25) is 0 Å². The number of carboxylic acids is 1. The van der Waals surface area contributed by atoms with Crippen LogP contribution in [0.4, 0.5) is 0 Å². The highest BCUT2D eigenvalue weighted by atomic mass is 79.9. The fourth-order valence-electron chi connectivity index (χ4n) is 1.41. The number of hydrogen-bond donors (Lipinski definition) is 2. The number of carbonyl (C=O) groups excluding carboxylic acids is 1. The Kier molecular flexibility index (Phi) is 4.40. The van der Waals surface area contributed by atoms with E-state index in [-0.39, 0.29) is 5.91 Å². The van der Waals surface area contributed by atoms with Gasteiger partial charge in [-0.1, -0.05) is 22.0 Å². The van der Waals surface area contributed by atoms with Gasteiger partial charge >= 0.3 is 5.97 Å². The van der Waals surface area contributed by atoms with Crippen molar-refractivity contribution >= 4 is 27.8 Å². The van der Waals surface area contributed by atoms with Crippen molar-refractivity contribution in [3.8, 4) is 0 Å². The van der Waals surface area contributed by atoms with Crippen LogP contribution in [-0.2, 0) is 4.79 Å². The highest BCUT2D eigenvalue weighted by molar-refractivity contribution is 9.10. The van der Waals surface area contributed by atoms with Crippen LogP contribution in [-0.4, -0.2) is 22.5 Å². The number of benzene rings is 1. The summed E-state index contributed by atoms with van der Waals surface area (Å²) in [5, 5.41) is 12.0. The molecule has 1 aromatic carbocycles. The molecule has 5 heteroatoms. The number of rotatable bonds is 4. The second-order valence-corrected chi connectivity index (χ2v) is 6.44. The molecule has 1 rings (SSSR count). The summed E-state index contributed by atoms with van der Waals surface area (Å²) in [6, 6.07) is 6.96. The number of amides is 1. The Morgan fingerprint density at radius 3 is 2.26 bits per heavy atom. The zero-order valence-electron chi connectivity index (χ0n) is 11.5. The van der Waals surface area contributed by atoms with Crippen molar-refractivity contribution in [2.75, 3.05) is 0 Å². The van der Waals surface area contributed by atoms with Gasteiger partial charge in [-0.15, -0.1) is 0 Å². The largest absolute Gasteiger partial charge is 0.481 e. The lowest BCUT2D eigenvalue weighted by Crippen LogP contribution is -2.56. The third kappa shape index (κ3) is 3.35. The van der Waals surface area contributed by atoms with Gasteiger partial charge in [0.05, 0.1) is 11.0 Å². The fraction of sp³-hybridized carbons (Fsp3) is 0.429. The van der Waals surface area contributed by atoms with E-state index in [2.05, 4.69) is 21.2 Å². The van der Waals surface area contributed by atoms with Crippen molar-refractivity contribution in [3.63, 3.8) is 0 Å². The number of carbonyl (C=O) groups is 2. The first-order valence-electron chi connectivity index (χ1n) is 5.89. The molecule has 0 aliphatic heterocycles. The number of halogens is 1. The molecule has 19 heavy (non-hydrogen) atoms. The molecule has 0 fully saturated rings. The third-order valence-electron chi connectivity index (χ3n) is 3.61. The van der Waals surface area contributed by atoms with E-state index in [0.717, 1.165) is 4.47 Å². The van der Waals surface area contributed by atoms with Gasteiger partial charge in [0, 0.05) is 10.0 Å². The van der Waals surface area contributed by atoms with Crippen molar-refractivity contribution < 1.29 is 14.7 Å². The second kappa shape index (κ2) is 5.33. The van der Waals surface area contributed by atoms with Crippen LogP contribution in [0.5, 0.6) is 0 Å². The maximum absolute atomic E-state index is 12.2. The molecule has 0 bridgehead atoms. The van der Waals surface area contributed by atoms with Gasteiger partial charge in [-0.2, -0.15) is 0 Å². The van der Waals surface area contributed by atoms with Crippen molar-refractivity contribution in [2.24, 2.45) is 5.41 Å². The molecule has 1 amide bonds. The average Bonchev–Trinajstić information content (AvgIpc) is 2.27. The van der Waals surface area contributed by atoms with Crippen molar-refractivity contribution in [1.82, 2.24) is 5.32 Å².